The molecule has 12 heteroatoms. The minimum Gasteiger partial charge on any atom is -0.507 e. The largest absolute Gasteiger partial charge is 0.507 e. The molecule has 3 aliphatic rings. The summed E-state index contributed by atoms with van der Waals surface area (Å²) in [7, 11) is 2.22. The number of phenols is 4. The molecule has 1 aliphatic carbocycles. The SMILES string of the molecule is CN1CCC(=C2c3ccccc3Sc3ccccc32)CC1.Cc1cc(O)c2c(c1O)C(=O)c1c(O)cc(C)c(O)c1C2=O.O=C(O)C=CC(=O)O. The summed E-state index contributed by atoms with van der Waals surface area (Å²) in [6.45, 7) is 5.29. The van der Waals surface area contributed by atoms with Gasteiger partial charge in [0.05, 0.1) is 22.3 Å². The lowest BCUT2D eigenvalue weighted by atomic mass is 9.80. The molecule has 4 aromatic rings. The Morgan fingerprint density at radius 2 is 1.06 bits per heavy atom. The lowest BCUT2D eigenvalue weighted by molar-refractivity contribution is -0.134. The Balaban J connectivity index is 0.000000164. The molecule has 0 atom stereocenters. The zero-order chi connectivity index (χ0) is 37.1. The summed E-state index contributed by atoms with van der Waals surface area (Å²) < 4.78 is 0. The van der Waals surface area contributed by atoms with Crippen molar-refractivity contribution in [1.82, 2.24) is 4.90 Å². The number of carbonyl (C=O) groups excluding carboxylic acids is 2. The molecule has 0 radical (unpaired) electrons. The Morgan fingerprint density at radius 3 is 1.45 bits per heavy atom. The van der Waals surface area contributed by atoms with Gasteiger partial charge in [-0.1, -0.05) is 53.7 Å². The van der Waals surface area contributed by atoms with Crippen LogP contribution in [0.25, 0.3) is 5.57 Å². The van der Waals surface area contributed by atoms with Gasteiger partial charge < -0.3 is 35.5 Å². The van der Waals surface area contributed by atoms with Crippen LogP contribution in [-0.2, 0) is 9.59 Å². The van der Waals surface area contributed by atoms with Crippen molar-refractivity contribution in [2.45, 2.75) is 36.5 Å². The van der Waals surface area contributed by atoms with Crippen molar-refractivity contribution in [1.29, 1.82) is 0 Å². The average Bonchev–Trinajstić information content (AvgIpc) is 3.09. The third-order valence-electron chi connectivity index (χ3n) is 8.69. The molecular weight excluding hydrogens is 674 g/mol. The number of rotatable bonds is 2. The van der Waals surface area contributed by atoms with Gasteiger partial charge in [0.25, 0.3) is 0 Å². The summed E-state index contributed by atoms with van der Waals surface area (Å²) in [5, 5.41) is 55.7. The van der Waals surface area contributed by atoms with Crippen LogP contribution < -0.4 is 0 Å². The molecule has 2 heterocycles. The van der Waals surface area contributed by atoms with Crippen LogP contribution in [0, 0.1) is 13.8 Å². The topological polar surface area (TPSA) is 193 Å². The molecule has 6 N–H and O–H groups in total. The maximum absolute atomic E-state index is 12.6. The Hall–Kier alpha value is -5.85. The third kappa shape index (κ3) is 7.37. The fourth-order valence-electron chi connectivity index (χ4n) is 6.18. The van der Waals surface area contributed by atoms with E-state index in [2.05, 4.69) is 60.5 Å². The molecule has 11 nitrogen and oxygen atoms in total. The highest BCUT2D eigenvalue weighted by Crippen LogP contribution is 2.48. The van der Waals surface area contributed by atoms with Crippen LogP contribution in [0.1, 0.15) is 66.9 Å². The average molecular weight is 710 g/mol. The normalized spacial score (nSPS) is 14.6. The van der Waals surface area contributed by atoms with E-state index in [1.807, 2.05) is 11.8 Å². The van der Waals surface area contributed by atoms with Gasteiger partial charge in [-0.05, 0) is 85.8 Å². The van der Waals surface area contributed by atoms with Crippen molar-refractivity contribution in [2.75, 3.05) is 20.1 Å². The number of fused-ring (bicyclic) bond motifs is 4. The Bertz CT molecular complexity index is 2020. The van der Waals surface area contributed by atoms with E-state index < -0.39 is 46.5 Å². The lowest BCUT2D eigenvalue weighted by Gasteiger charge is -2.30. The number of aromatic hydroxyl groups is 4. The van der Waals surface area contributed by atoms with Gasteiger partial charge in [0.15, 0.2) is 0 Å². The standard InChI is InChI=1S/C19H19NS.C16H12O6.C4H4O4/c1-20-12-10-14(11-13-20)19-15-6-2-4-8-17(15)21-18-9-5-3-7-16(18)19;1-5-3-7(17)9-11(13(5)19)15(21)10-8(18)4-6(2)14(20)12(10)16(9)22;5-3(6)1-2-4(7)8/h2-9H,10-13H2,1H3;3-4,17-20H,1-2H3;1-2H,(H,5,6)(H,7,8). The smallest absolute Gasteiger partial charge is 0.328 e. The summed E-state index contributed by atoms with van der Waals surface area (Å²) in [6.07, 6.45) is 3.50. The summed E-state index contributed by atoms with van der Waals surface area (Å²) >= 11 is 1.91. The van der Waals surface area contributed by atoms with Crippen LogP contribution in [0.3, 0.4) is 0 Å². The number of hydrogen-bond acceptors (Lipinski definition) is 10. The van der Waals surface area contributed by atoms with Crippen molar-refractivity contribution in [3.05, 3.63) is 123 Å². The van der Waals surface area contributed by atoms with Gasteiger partial charge in [0.2, 0.25) is 11.6 Å². The number of aliphatic carboxylic acids is 2. The fourth-order valence-corrected chi connectivity index (χ4v) is 7.27. The van der Waals surface area contributed by atoms with Crippen molar-refractivity contribution in [2.24, 2.45) is 0 Å². The van der Waals surface area contributed by atoms with Crippen LogP contribution in [0.15, 0.2) is 88.2 Å². The molecule has 1 fully saturated rings. The molecule has 51 heavy (non-hydrogen) atoms. The van der Waals surface area contributed by atoms with Crippen LogP contribution in [0.5, 0.6) is 23.0 Å². The highest BCUT2D eigenvalue weighted by atomic mass is 32.2. The number of carbonyl (C=O) groups is 4. The first-order valence-corrected chi connectivity index (χ1v) is 16.6. The molecule has 262 valence electrons. The lowest BCUT2D eigenvalue weighted by Crippen LogP contribution is -2.27. The highest BCUT2D eigenvalue weighted by Gasteiger charge is 2.39. The molecule has 0 saturated carbocycles. The number of piperidine rings is 1. The summed E-state index contributed by atoms with van der Waals surface area (Å²) in [5.74, 6) is -5.96. The molecule has 0 amide bonds. The number of aryl methyl sites for hydroxylation is 2. The molecule has 0 bridgehead atoms. The van der Waals surface area contributed by atoms with Crippen molar-refractivity contribution in [3.63, 3.8) is 0 Å². The number of phenolic OH excluding ortho intramolecular Hbond substituents is 4. The van der Waals surface area contributed by atoms with Gasteiger partial charge in [-0.3, -0.25) is 9.59 Å². The number of carboxylic acids is 2. The van der Waals surface area contributed by atoms with Gasteiger partial charge in [-0.25, -0.2) is 9.59 Å². The molecular formula is C39H35NO10S. The Morgan fingerprint density at radius 1 is 0.667 bits per heavy atom. The summed E-state index contributed by atoms with van der Waals surface area (Å²) in [6, 6.07) is 20.1. The predicted octanol–water partition coefficient (Wildman–Crippen LogP) is 6.29. The Kier molecular flexibility index (Phi) is 10.7. The van der Waals surface area contributed by atoms with E-state index in [1.165, 1.54) is 66.3 Å². The summed E-state index contributed by atoms with van der Waals surface area (Å²) in [4.78, 5) is 49.5. The van der Waals surface area contributed by atoms with Crippen molar-refractivity contribution < 1.29 is 49.8 Å². The van der Waals surface area contributed by atoms with Crippen LogP contribution in [0.4, 0.5) is 0 Å². The molecule has 2 aliphatic heterocycles. The maximum atomic E-state index is 12.6. The number of hydrogen-bond donors (Lipinski definition) is 6. The van der Waals surface area contributed by atoms with E-state index in [4.69, 9.17) is 10.2 Å². The second-order valence-corrected chi connectivity index (χ2v) is 13.3. The predicted molar refractivity (Wildman–Crippen MR) is 190 cm³/mol. The summed E-state index contributed by atoms with van der Waals surface area (Å²) in [5.41, 5.74) is 4.96. The van der Waals surface area contributed by atoms with Crippen LogP contribution in [0.2, 0.25) is 0 Å². The van der Waals surface area contributed by atoms with E-state index in [0.717, 1.165) is 12.1 Å². The highest BCUT2D eigenvalue weighted by molar-refractivity contribution is 7.99. The van der Waals surface area contributed by atoms with Gasteiger partial charge in [0, 0.05) is 35.0 Å². The first kappa shape index (κ1) is 36.4. The third-order valence-corrected chi connectivity index (χ3v) is 9.84. The van der Waals surface area contributed by atoms with Gasteiger partial charge in [-0.15, -0.1) is 0 Å². The molecule has 7 rings (SSSR count). The molecule has 0 aromatic heterocycles. The fraction of sp³-hybridized carbons (Fsp3) is 0.179. The second-order valence-electron chi connectivity index (χ2n) is 12.2. The zero-order valence-electron chi connectivity index (χ0n) is 27.9. The number of likely N-dealkylation sites (tertiary alicyclic amines) is 1. The molecule has 0 unspecified atom stereocenters. The van der Waals surface area contributed by atoms with E-state index in [9.17, 15) is 39.6 Å². The van der Waals surface area contributed by atoms with E-state index in [1.54, 1.807) is 5.57 Å². The van der Waals surface area contributed by atoms with Crippen LogP contribution >= 0.6 is 11.8 Å². The molecule has 4 aromatic carbocycles. The minimum atomic E-state index is -1.26. The van der Waals surface area contributed by atoms with Gasteiger partial charge in [-0.2, -0.15) is 0 Å². The Labute approximate surface area is 297 Å². The number of nitrogens with zero attached hydrogens (tertiary/aromatic N) is 1. The molecule has 1 saturated heterocycles. The number of ketones is 2. The quantitative estimate of drug-likeness (QED) is 0.0871. The maximum Gasteiger partial charge on any atom is 0.328 e. The van der Waals surface area contributed by atoms with Crippen molar-refractivity contribution >= 4 is 40.8 Å². The number of carboxylic acid groups (broad SMARTS) is 2. The monoisotopic (exact) mass is 709 g/mol. The first-order valence-electron chi connectivity index (χ1n) is 15.8. The first-order chi connectivity index (χ1) is 24.2. The van der Waals surface area contributed by atoms with E-state index >= 15 is 0 Å². The van der Waals surface area contributed by atoms with E-state index in [-0.39, 0.29) is 33.4 Å². The molecule has 0 spiro atoms. The second kappa shape index (κ2) is 15.0. The van der Waals surface area contributed by atoms with E-state index in [0.29, 0.717) is 12.2 Å². The van der Waals surface area contributed by atoms with Gasteiger partial charge >= 0.3 is 11.9 Å². The minimum absolute atomic E-state index is 0.219. The van der Waals surface area contributed by atoms with Crippen molar-refractivity contribution in [3.8, 4) is 23.0 Å². The number of benzene rings is 4. The van der Waals surface area contributed by atoms with Gasteiger partial charge in [0.1, 0.15) is 23.0 Å². The zero-order valence-corrected chi connectivity index (χ0v) is 28.7. The van der Waals surface area contributed by atoms with Crippen LogP contribution in [-0.4, -0.2) is 79.2 Å².